The third-order valence-electron chi connectivity index (χ3n) is 4.65. The molecule has 13 nitrogen and oxygen atoms in total. The normalized spacial score (nSPS) is 12.3. The van der Waals surface area contributed by atoms with Crippen molar-refractivity contribution in [3.63, 3.8) is 0 Å². The van der Waals surface area contributed by atoms with Crippen LogP contribution in [0.25, 0.3) is 11.2 Å². The van der Waals surface area contributed by atoms with Gasteiger partial charge in [0.1, 0.15) is 6.04 Å². The molecule has 3 aromatic rings. The number of nitrogen functional groups attached to an aromatic ring is 1. The maximum atomic E-state index is 12.3. The van der Waals surface area contributed by atoms with Crippen LogP contribution in [0.15, 0.2) is 30.5 Å². The molecule has 0 radical (unpaired) electrons. The van der Waals surface area contributed by atoms with E-state index in [9.17, 15) is 24.6 Å². The second-order valence-corrected chi connectivity index (χ2v) is 7.11. The molecule has 174 valence electrons. The number of carboxylic acids is 2. The van der Waals surface area contributed by atoms with E-state index >= 15 is 0 Å². The first-order valence-electron chi connectivity index (χ1n) is 9.75. The number of amides is 1. The zero-order chi connectivity index (χ0) is 24.1. The molecular formula is C20H22N7NaO6. The molecule has 2 aromatic heterocycles. The van der Waals surface area contributed by atoms with Gasteiger partial charge in [0.2, 0.25) is 11.8 Å². The number of carbonyl (C=O) groups is 3. The van der Waals surface area contributed by atoms with E-state index in [4.69, 9.17) is 10.8 Å². The van der Waals surface area contributed by atoms with E-state index < -0.39 is 23.9 Å². The number of aromatic nitrogens is 4. The van der Waals surface area contributed by atoms with Crippen LogP contribution in [0.4, 0.5) is 11.6 Å². The molecule has 0 fully saturated rings. The number of hydrogen-bond donors (Lipinski definition) is 6. The number of aromatic hydroxyl groups is 1. The van der Waals surface area contributed by atoms with Crippen molar-refractivity contribution in [3.05, 3.63) is 41.7 Å². The Morgan fingerprint density at radius 2 is 1.76 bits per heavy atom. The third-order valence-corrected chi connectivity index (χ3v) is 4.65. The summed E-state index contributed by atoms with van der Waals surface area (Å²) >= 11 is 0. The van der Waals surface area contributed by atoms with Crippen LogP contribution in [0.2, 0.25) is 0 Å². The summed E-state index contributed by atoms with van der Waals surface area (Å²) < 4.78 is 0. The van der Waals surface area contributed by atoms with Crippen LogP contribution < -0.4 is 16.4 Å². The molecular weight excluding hydrogens is 457 g/mol. The molecule has 0 saturated carbocycles. The molecule has 0 saturated heterocycles. The summed E-state index contributed by atoms with van der Waals surface area (Å²) in [6.07, 6.45) is 0.872. The molecule has 0 bridgehead atoms. The fourth-order valence-corrected chi connectivity index (χ4v) is 2.94. The van der Waals surface area contributed by atoms with E-state index in [0.29, 0.717) is 11.4 Å². The van der Waals surface area contributed by atoms with Gasteiger partial charge in [0.05, 0.1) is 17.9 Å². The zero-order valence-electron chi connectivity index (χ0n) is 17.4. The van der Waals surface area contributed by atoms with Gasteiger partial charge in [-0.1, -0.05) is 0 Å². The zero-order valence-corrected chi connectivity index (χ0v) is 17.4. The Bertz CT molecular complexity index is 1210. The summed E-state index contributed by atoms with van der Waals surface area (Å²) in [5, 5.41) is 33.3. The van der Waals surface area contributed by atoms with Gasteiger partial charge in [-0.15, -0.1) is 0 Å². The first-order chi connectivity index (χ1) is 15.6. The van der Waals surface area contributed by atoms with Crippen molar-refractivity contribution in [1.29, 1.82) is 0 Å². The molecule has 14 heteroatoms. The second-order valence-electron chi connectivity index (χ2n) is 7.11. The van der Waals surface area contributed by atoms with Gasteiger partial charge >= 0.3 is 41.5 Å². The molecule has 1 amide bonds. The van der Waals surface area contributed by atoms with Gasteiger partial charge in [0.25, 0.3) is 5.91 Å². The second kappa shape index (κ2) is 11.5. The van der Waals surface area contributed by atoms with E-state index in [1.807, 2.05) is 6.92 Å². The van der Waals surface area contributed by atoms with Gasteiger partial charge in [0.15, 0.2) is 11.2 Å². The van der Waals surface area contributed by atoms with Crippen LogP contribution in [0.5, 0.6) is 5.88 Å². The summed E-state index contributed by atoms with van der Waals surface area (Å²) in [4.78, 5) is 50.3. The van der Waals surface area contributed by atoms with Gasteiger partial charge in [0, 0.05) is 17.7 Å². The van der Waals surface area contributed by atoms with E-state index in [1.165, 1.54) is 18.3 Å². The predicted octanol–water partition coefficient (Wildman–Crippen LogP) is 0.280. The molecule has 2 unspecified atom stereocenters. The molecule has 1 aromatic carbocycles. The monoisotopic (exact) mass is 479 g/mol. The molecule has 0 aliphatic rings. The Morgan fingerprint density at radius 1 is 1.09 bits per heavy atom. The molecule has 34 heavy (non-hydrogen) atoms. The van der Waals surface area contributed by atoms with Crippen molar-refractivity contribution in [2.45, 2.75) is 31.8 Å². The summed E-state index contributed by atoms with van der Waals surface area (Å²) in [7, 11) is 0. The van der Waals surface area contributed by atoms with Gasteiger partial charge in [-0.05, 0) is 37.6 Å². The fraction of sp³-hybridized carbons (Fsp3) is 0.250. The van der Waals surface area contributed by atoms with Crippen LogP contribution in [0.1, 0.15) is 41.9 Å². The molecule has 3 rings (SSSR count). The number of anilines is 2. The summed E-state index contributed by atoms with van der Waals surface area (Å²) in [5.41, 5.74) is 7.10. The van der Waals surface area contributed by atoms with Gasteiger partial charge in [-0.2, -0.15) is 9.97 Å². The van der Waals surface area contributed by atoms with Gasteiger partial charge in [-0.25, -0.2) is 14.8 Å². The average molecular weight is 479 g/mol. The number of nitrogens with one attached hydrogen (secondary N) is 2. The van der Waals surface area contributed by atoms with E-state index in [0.717, 1.165) is 0 Å². The summed E-state index contributed by atoms with van der Waals surface area (Å²) in [5.74, 6) is -3.59. The molecule has 2 atom stereocenters. The number of rotatable bonds is 9. The Morgan fingerprint density at radius 3 is 2.38 bits per heavy atom. The Kier molecular flexibility index (Phi) is 9.06. The number of carboxylic acid groups (broad SMARTS) is 2. The Balaban J connectivity index is 0.00000408. The minimum atomic E-state index is -1.31. The number of hydrogen-bond acceptors (Lipinski definition) is 10. The number of benzene rings is 1. The number of carbonyl (C=O) groups excluding carboxylic acids is 1. The predicted molar refractivity (Wildman–Crippen MR) is 123 cm³/mol. The minimum absolute atomic E-state index is 0. The van der Waals surface area contributed by atoms with Crippen molar-refractivity contribution >= 4 is 70.2 Å². The fourth-order valence-electron chi connectivity index (χ4n) is 2.94. The van der Waals surface area contributed by atoms with Crippen LogP contribution >= 0.6 is 0 Å². The molecule has 7 N–H and O–H groups in total. The topological polar surface area (TPSA) is 214 Å². The van der Waals surface area contributed by atoms with E-state index in [2.05, 4.69) is 30.6 Å². The van der Waals surface area contributed by atoms with Crippen molar-refractivity contribution < 1.29 is 29.7 Å². The standard InChI is InChI=1S/C20H21N7O6.Na.H/c1-9(13-8-22-16-15(24-13)18(31)27-20(21)26-16)23-11-4-2-10(3-5-11)17(30)25-12(19(32)33)6-7-14(28)29;;/h2-5,8-9,12,23H,6-7H2,1H3,(H,25,30)(H,28,29)(H,32,33)(H3,21,22,26,27,31);;. The van der Waals surface area contributed by atoms with Crippen molar-refractivity contribution in [3.8, 4) is 5.88 Å². The molecule has 2 heterocycles. The number of fused-ring (bicyclic) bond motifs is 1. The summed E-state index contributed by atoms with van der Waals surface area (Å²) in [6.45, 7) is 1.81. The SMILES string of the molecule is CC(Nc1ccc(C(=O)NC(CCC(=O)O)C(=O)O)cc1)c1cnc2nc(N)nc(O)c2n1.[NaH]. The third kappa shape index (κ3) is 6.73. The maximum absolute atomic E-state index is 12.3. The number of nitrogens with zero attached hydrogens (tertiary/aromatic N) is 4. The number of nitrogens with two attached hydrogens (primary N) is 1. The van der Waals surface area contributed by atoms with Crippen LogP contribution in [-0.2, 0) is 9.59 Å². The average Bonchev–Trinajstić information content (AvgIpc) is 2.76. The van der Waals surface area contributed by atoms with Crippen molar-refractivity contribution in [1.82, 2.24) is 25.3 Å². The molecule has 0 aliphatic carbocycles. The van der Waals surface area contributed by atoms with Crippen LogP contribution in [-0.4, -0.2) is 88.7 Å². The van der Waals surface area contributed by atoms with Gasteiger partial charge < -0.3 is 31.7 Å². The van der Waals surface area contributed by atoms with Crippen molar-refractivity contribution in [2.24, 2.45) is 0 Å². The molecule has 0 aliphatic heterocycles. The van der Waals surface area contributed by atoms with Crippen molar-refractivity contribution in [2.75, 3.05) is 11.1 Å². The van der Waals surface area contributed by atoms with Crippen LogP contribution in [0.3, 0.4) is 0 Å². The Hall–Kier alpha value is -3.55. The van der Waals surface area contributed by atoms with Crippen LogP contribution in [0, 0.1) is 0 Å². The Labute approximate surface area is 215 Å². The van der Waals surface area contributed by atoms with E-state index in [-0.39, 0.29) is 77.0 Å². The quantitative estimate of drug-likeness (QED) is 0.228. The van der Waals surface area contributed by atoms with Gasteiger partial charge in [-0.3, -0.25) is 9.59 Å². The number of aliphatic carboxylic acids is 2. The van der Waals surface area contributed by atoms with E-state index in [1.54, 1.807) is 12.1 Å². The first kappa shape index (κ1) is 26.7. The first-order valence-corrected chi connectivity index (χ1v) is 9.75. The summed E-state index contributed by atoms with van der Waals surface area (Å²) in [6, 6.07) is 4.58. The molecule has 0 spiro atoms.